The van der Waals surface area contributed by atoms with E-state index < -0.39 is 24.8 Å². The average molecular weight is 454 g/mol. The number of fused-ring (bicyclic) bond motifs is 1. The Morgan fingerprint density at radius 2 is 1.88 bits per heavy atom. The van der Waals surface area contributed by atoms with E-state index in [-0.39, 0.29) is 5.41 Å². The van der Waals surface area contributed by atoms with Crippen LogP contribution in [0.15, 0.2) is 30.7 Å². The minimum absolute atomic E-state index is 0.159. The van der Waals surface area contributed by atoms with Gasteiger partial charge in [0.15, 0.2) is 5.65 Å². The lowest BCUT2D eigenvalue weighted by Crippen LogP contribution is -2.63. The molecule has 32 heavy (non-hydrogen) atoms. The van der Waals surface area contributed by atoms with E-state index in [9.17, 15) is 22.0 Å². The fourth-order valence-electron chi connectivity index (χ4n) is 4.57. The molecule has 3 aromatic heterocycles. The van der Waals surface area contributed by atoms with Gasteiger partial charge in [0.05, 0.1) is 25.2 Å². The predicted molar refractivity (Wildman–Crippen MR) is 103 cm³/mol. The normalized spacial score (nSPS) is 18.2. The second-order valence-electron chi connectivity index (χ2n) is 8.47. The highest BCUT2D eigenvalue weighted by molar-refractivity contribution is 5.71. The molecule has 0 bridgehead atoms. The van der Waals surface area contributed by atoms with E-state index in [1.807, 2.05) is 0 Å². The first-order chi connectivity index (χ1) is 15.2. The van der Waals surface area contributed by atoms with Crippen molar-refractivity contribution in [1.29, 1.82) is 0 Å². The minimum Gasteiger partial charge on any atom is -0.492 e. The van der Waals surface area contributed by atoms with Crippen molar-refractivity contribution >= 4 is 17.0 Å². The number of rotatable bonds is 6. The summed E-state index contributed by atoms with van der Waals surface area (Å²) in [4.78, 5) is 14.2. The molecule has 4 heterocycles. The van der Waals surface area contributed by atoms with E-state index in [4.69, 9.17) is 4.74 Å². The number of hydrogen-bond acceptors (Lipinski definition) is 6. The van der Waals surface area contributed by atoms with Crippen molar-refractivity contribution in [3.8, 4) is 5.75 Å². The van der Waals surface area contributed by atoms with Crippen LogP contribution < -0.4 is 9.64 Å². The van der Waals surface area contributed by atoms with Crippen LogP contribution in [0.1, 0.15) is 18.5 Å². The topological polar surface area (TPSA) is 69.0 Å². The number of nitrogens with zero attached hydrogens (tertiary/aromatic N) is 6. The molecule has 1 aliphatic heterocycles. The zero-order chi connectivity index (χ0) is 22.5. The quantitative estimate of drug-likeness (QED) is 0.528. The molecule has 1 spiro atoms. The van der Waals surface area contributed by atoms with Crippen LogP contribution in [0.5, 0.6) is 5.75 Å². The van der Waals surface area contributed by atoms with Gasteiger partial charge in [-0.05, 0) is 30.9 Å². The predicted octanol–water partition coefficient (Wildman–Crippen LogP) is 3.80. The number of alkyl halides is 5. The molecule has 12 heteroatoms. The summed E-state index contributed by atoms with van der Waals surface area (Å²) in [5, 5.41) is 3.93. The maximum Gasteiger partial charge on any atom is 0.433 e. The van der Waals surface area contributed by atoms with Crippen LogP contribution in [0, 0.1) is 11.3 Å². The van der Waals surface area contributed by atoms with Gasteiger partial charge >= 0.3 is 6.18 Å². The Balaban J connectivity index is 1.13. The molecule has 5 rings (SSSR count). The summed E-state index contributed by atoms with van der Waals surface area (Å²) in [6.45, 7) is 1.47. The number of halogens is 5. The zero-order valence-electron chi connectivity index (χ0n) is 16.8. The molecule has 2 fully saturated rings. The largest absolute Gasteiger partial charge is 0.492 e. The monoisotopic (exact) mass is 454 g/mol. The van der Waals surface area contributed by atoms with Gasteiger partial charge in [0.1, 0.15) is 29.3 Å². The number of pyridine rings is 1. The molecular formula is C20H19F5N6O. The van der Waals surface area contributed by atoms with E-state index in [0.717, 1.165) is 38.2 Å². The smallest absolute Gasteiger partial charge is 0.433 e. The van der Waals surface area contributed by atoms with E-state index in [1.165, 1.54) is 16.9 Å². The Labute approximate surface area is 179 Å². The van der Waals surface area contributed by atoms with Crippen LogP contribution in [0.2, 0.25) is 0 Å². The molecule has 0 unspecified atom stereocenters. The van der Waals surface area contributed by atoms with Crippen LogP contribution in [-0.4, -0.2) is 50.9 Å². The lowest BCUT2D eigenvalue weighted by atomic mass is 9.58. The summed E-state index contributed by atoms with van der Waals surface area (Å²) in [7, 11) is 0. The fraction of sp³-hybridized carbons (Fsp3) is 0.500. The molecule has 1 aliphatic carbocycles. The highest BCUT2D eigenvalue weighted by Gasteiger charge is 2.52. The Morgan fingerprint density at radius 3 is 2.53 bits per heavy atom. The Bertz CT molecular complexity index is 1100. The SMILES string of the molecule is FC(F)Cn1ncc2ncc(N3CC4(CC(COc5ccc(C(F)(F)F)nc5)C4)C3)nc21. The molecule has 7 nitrogen and oxygen atoms in total. The number of aromatic nitrogens is 5. The average Bonchev–Trinajstić information content (AvgIpc) is 3.07. The van der Waals surface area contributed by atoms with Gasteiger partial charge in [-0.3, -0.25) is 0 Å². The van der Waals surface area contributed by atoms with Gasteiger partial charge in [0, 0.05) is 18.5 Å². The lowest BCUT2D eigenvalue weighted by Gasteiger charge is -2.59. The van der Waals surface area contributed by atoms with Crippen LogP contribution in [0.4, 0.5) is 27.8 Å². The molecule has 0 amide bonds. The highest BCUT2D eigenvalue weighted by atomic mass is 19.4. The maximum atomic E-state index is 12.7. The summed E-state index contributed by atoms with van der Waals surface area (Å²) in [6.07, 6.45) is -0.965. The Hall–Kier alpha value is -3.05. The molecule has 0 aromatic carbocycles. The fourth-order valence-corrected chi connectivity index (χ4v) is 4.57. The second-order valence-corrected chi connectivity index (χ2v) is 8.47. The molecule has 1 saturated carbocycles. The molecule has 2 aliphatic rings. The minimum atomic E-state index is -4.47. The summed E-state index contributed by atoms with van der Waals surface area (Å²) >= 11 is 0. The molecule has 0 N–H and O–H groups in total. The van der Waals surface area contributed by atoms with E-state index in [0.29, 0.717) is 35.3 Å². The van der Waals surface area contributed by atoms with Crippen molar-refractivity contribution < 1.29 is 26.7 Å². The maximum absolute atomic E-state index is 12.7. The third kappa shape index (κ3) is 3.93. The zero-order valence-corrected chi connectivity index (χ0v) is 16.8. The third-order valence-corrected chi connectivity index (χ3v) is 5.98. The van der Waals surface area contributed by atoms with Gasteiger partial charge in [0.25, 0.3) is 6.43 Å². The third-order valence-electron chi connectivity index (χ3n) is 5.98. The molecule has 1 saturated heterocycles. The van der Waals surface area contributed by atoms with Gasteiger partial charge in [-0.2, -0.15) is 18.3 Å². The van der Waals surface area contributed by atoms with Gasteiger partial charge < -0.3 is 9.64 Å². The summed E-state index contributed by atoms with van der Waals surface area (Å²) in [6, 6.07) is 2.19. The van der Waals surface area contributed by atoms with Crippen molar-refractivity contribution in [3.63, 3.8) is 0 Å². The first kappa shape index (κ1) is 20.8. The molecule has 0 atom stereocenters. The van der Waals surface area contributed by atoms with Crippen molar-refractivity contribution in [2.45, 2.75) is 32.0 Å². The van der Waals surface area contributed by atoms with Crippen LogP contribution >= 0.6 is 0 Å². The van der Waals surface area contributed by atoms with Gasteiger partial charge in [-0.25, -0.2) is 28.4 Å². The molecule has 170 valence electrons. The van der Waals surface area contributed by atoms with Gasteiger partial charge in [0.2, 0.25) is 0 Å². The van der Waals surface area contributed by atoms with Gasteiger partial charge in [-0.15, -0.1) is 0 Å². The van der Waals surface area contributed by atoms with Crippen LogP contribution in [-0.2, 0) is 12.7 Å². The van der Waals surface area contributed by atoms with Crippen molar-refractivity contribution in [1.82, 2.24) is 24.7 Å². The highest BCUT2D eigenvalue weighted by Crippen LogP contribution is 2.52. The van der Waals surface area contributed by atoms with Crippen molar-refractivity contribution in [3.05, 3.63) is 36.4 Å². The number of anilines is 1. The Kier molecular flexibility index (Phi) is 4.90. The number of hydrogen-bond donors (Lipinski definition) is 0. The van der Waals surface area contributed by atoms with Crippen LogP contribution in [0.25, 0.3) is 11.2 Å². The number of ether oxygens (including phenoxy) is 1. The first-order valence-corrected chi connectivity index (χ1v) is 10.1. The first-order valence-electron chi connectivity index (χ1n) is 10.1. The molecule has 3 aromatic rings. The lowest BCUT2D eigenvalue weighted by molar-refractivity contribution is -0.141. The molecular weight excluding hydrogens is 435 g/mol. The molecule has 0 radical (unpaired) electrons. The standard InChI is InChI=1S/C20H19F5N6O/c21-16(22)8-31-18-14(6-28-31)26-7-17(29-18)30-10-19(11-30)3-12(4-19)9-32-13-1-2-15(27-5-13)20(23,24)25/h1-2,5-7,12,16H,3-4,8-11H2. The van der Waals surface area contributed by atoms with Crippen molar-refractivity contribution in [2.75, 3.05) is 24.6 Å². The van der Waals surface area contributed by atoms with Crippen molar-refractivity contribution in [2.24, 2.45) is 11.3 Å². The van der Waals surface area contributed by atoms with Gasteiger partial charge in [-0.1, -0.05) is 0 Å². The summed E-state index contributed by atoms with van der Waals surface area (Å²) in [5.74, 6) is 1.27. The second kappa shape index (κ2) is 7.52. The summed E-state index contributed by atoms with van der Waals surface area (Å²) < 4.78 is 69.9. The van der Waals surface area contributed by atoms with E-state index in [1.54, 1.807) is 6.20 Å². The van der Waals surface area contributed by atoms with E-state index in [2.05, 4.69) is 25.0 Å². The van der Waals surface area contributed by atoms with Crippen LogP contribution in [0.3, 0.4) is 0 Å². The van der Waals surface area contributed by atoms with E-state index >= 15 is 0 Å². The summed E-state index contributed by atoms with van der Waals surface area (Å²) in [5.41, 5.74) is 0.0318. The Morgan fingerprint density at radius 1 is 1.09 bits per heavy atom.